The van der Waals surface area contributed by atoms with Gasteiger partial charge < -0.3 is 19.3 Å². The molecule has 2 saturated heterocycles. The van der Waals surface area contributed by atoms with Crippen molar-refractivity contribution in [1.29, 1.82) is 0 Å². The fourth-order valence-electron chi connectivity index (χ4n) is 4.27. The molecule has 1 amide bonds. The molecule has 1 aromatic heterocycles. The number of aliphatic hydroxyl groups is 1. The summed E-state index contributed by atoms with van der Waals surface area (Å²) >= 11 is 0. The van der Waals surface area contributed by atoms with Crippen molar-refractivity contribution in [2.24, 2.45) is 0 Å². The van der Waals surface area contributed by atoms with Crippen molar-refractivity contribution in [2.75, 3.05) is 26.7 Å². The van der Waals surface area contributed by atoms with Gasteiger partial charge in [0, 0.05) is 30.6 Å². The van der Waals surface area contributed by atoms with Gasteiger partial charge in [-0.2, -0.15) is 0 Å². The molecule has 1 N–H and O–H groups in total. The van der Waals surface area contributed by atoms with Crippen molar-refractivity contribution in [3.05, 3.63) is 35.6 Å². The molecule has 0 saturated carbocycles. The molecular formula is C19H24N2O3. The third-order valence-electron chi connectivity index (χ3n) is 5.73. The lowest BCUT2D eigenvalue weighted by atomic mass is 9.84. The average Bonchev–Trinajstić information content (AvgIpc) is 3.12. The van der Waals surface area contributed by atoms with Gasteiger partial charge in [-0.1, -0.05) is 12.1 Å². The lowest BCUT2D eigenvalue weighted by Gasteiger charge is -2.43. The van der Waals surface area contributed by atoms with Crippen LogP contribution in [0.4, 0.5) is 0 Å². The van der Waals surface area contributed by atoms with E-state index in [2.05, 4.69) is 11.9 Å². The van der Waals surface area contributed by atoms with Crippen LogP contribution in [0.2, 0.25) is 0 Å². The largest absolute Gasteiger partial charge is 0.451 e. The Morgan fingerprint density at radius 3 is 2.79 bits per heavy atom. The molecule has 2 aliphatic rings. The molecule has 0 aliphatic carbocycles. The standard InChI is InChI=1S/C19H24N2O3/c1-13-4-3-5-16-15(13)10-17(24-16)18(23)21-12-14(22)11-19(21)6-8-20(2)9-7-19/h3-5,10,14,22H,6-9,11-12H2,1-2H3. The van der Waals surface area contributed by atoms with E-state index in [4.69, 9.17) is 4.42 Å². The van der Waals surface area contributed by atoms with Crippen LogP contribution in [0.5, 0.6) is 0 Å². The van der Waals surface area contributed by atoms with Gasteiger partial charge in [0.25, 0.3) is 5.91 Å². The van der Waals surface area contributed by atoms with Gasteiger partial charge in [0.15, 0.2) is 5.76 Å². The van der Waals surface area contributed by atoms with Crippen molar-refractivity contribution in [3.8, 4) is 0 Å². The normalized spacial score (nSPS) is 24.1. The lowest BCUT2D eigenvalue weighted by molar-refractivity contribution is 0.0383. The second-order valence-electron chi connectivity index (χ2n) is 7.40. The monoisotopic (exact) mass is 328 g/mol. The minimum atomic E-state index is -0.441. The molecular weight excluding hydrogens is 304 g/mol. The zero-order valence-electron chi connectivity index (χ0n) is 14.3. The number of benzene rings is 1. The van der Waals surface area contributed by atoms with E-state index >= 15 is 0 Å². The molecule has 5 nitrogen and oxygen atoms in total. The number of aliphatic hydroxyl groups excluding tert-OH is 1. The highest BCUT2D eigenvalue weighted by molar-refractivity contribution is 5.97. The van der Waals surface area contributed by atoms with Gasteiger partial charge >= 0.3 is 0 Å². The number of amides is 1. The van der Waals surface area contributed by atoms with Crippen LogP contribution >= 0.6 is 0 Å². The third kappa shape index (κ3) is 2.43. The predicted molar refractivity (Wildman–Crippen MR) is 92.1 cm³/mol. The number of rotatable bonds is 1. The molecule has 1 atom stereocenters. The van der Waals surface area contributed by atoms with Gasteiger partial charge in [0.1, 0.15) is 5.58 Å². The van der Waals surface area contributed by atoms with E-state index < -0.39 is 6.10 Å². The number of carbonyl (C=O) groups excluding carboxylic acids is 1. The Balaban J connectivity index is 1.67. The van der Waals surface area contributed by atoms with Gasteiger partial charge in [-0.05, 0) is 50.9 Å². The van der Waals surface area contributed by atoms with E-state index in [9.17, 15) is 9.90 Å². The number of hydrogen-bond acceptors (Lipinski definition) is 4. The summed E-state index contributed by atoms with van der Waals surface area (Å²) in [4.78, 5) is 17.3. The Morgan fingerprint density at radius 1 is 1.33 bits per heavy atom. The van der Waals surface area contributed by atoms with Gasteiger partial charge in [-0.15, -0.1) is 0 Å². The van der Waals surface area contributed by atoms with E-state index in [0.717, 1.165) is 42.5 Å². The first kappa shape index (κ1) is 15.7. The van der Waals surface area contributed by atoms with E-state index in [1.807, 2.05) is 36.1 Å². The number of nitrogens with zero attached hydrogens (tertiary/aromatic N) is 2. The number of furan rings is 1. The summed E-state index contributed by atoms with van der Waals surface area (Å²) in [6.45, 7) is 4.33. The van der Waals surface area contributed by atoms with E-state index in [0.29, 0.717) is 18.7 Å². The number of aryl methyl sites for hydroxylation is 1. The molecule has 2 aromatic rings. The van der Waals surface area contributed by atoms with Crippen LogP contribution in [0.15, 0.2) is 28.7 Å². The first-order valence-electron chi connectivity index (χ1n) is 8.66. The van der Waals surface area contributed by atoms with Gasteiger partial charge in [-0.3, -0.25) is 4.79 Å². The van der Waals surface area contributed by atoms with Crippen molar-refractivity contribution in [3.63, 3.8) is 0 Å². The first-order chi connectivity index (χ1) is 11.5. The minimum absolute atomic E-state index is 0.0910. The quantitative estimate of drug-likeness (QED) is 0.873. The van der Waals surface area contributed by atoms with Crippen molar-refractivity contribution < 1.29 is 14.3 Å². The molecule has 4 rings (SSSR count). The van der Waals surface area contributed by atoms with Crippen molar-refractivity contribution >= 4 is 16.9 Å². The van der Waals surface area contributed by atoms with Gasteiger partial charge in [0.05, 0.1) is 6.10 Å². The predicted octanol–water partition coefficient (Wildman–Crippen LogP) is 2.41. The summed E-state index contributed by atoms with van der Waals surface area (Å²) in [5.74, 6) is 0.290. The molecule has 1 unspecified atom stereocenters. The number of carbonyl (C=O) groups is 1. The van der Waals surface area contributed by atoms with Crippen LogP contribution in [-0.2, 0) is 0 Å². The first-order valence-corrected chi connectivity index (χ1v) is 8.66. The molecule has 3 heterocycles. The second-order valence-corrected chi connectivity index (χ2v) is 7.40. The van der Waals surface area contributed by atoms with Crippen LogP contribution in [0.3, 0.4) is 0 Å². The lowest BCUT2D eigenvalue weighted by Crippen LogP contribution is -2.53. The van der Waals surface area contributed by atoms with Crippen LogP contribution in [-0.4, -0.2) is 59.1 Å². The highest BCUT2D eigenvalue weighted by Crippen LogP contribution is 2.39. The minimum Gasteiger partial charge on any atom is -0.451 e. The molecule has 1 aromatic carbocycles. The Morgan fingerprint density at radius 2 is 2.08 bits per heavy atom. The van der Waals surface area contributed by atoms with Crippen molar-refractivity contribution in [2.45, 2.75) is 37.8 Å². The summed E-state index contributed by atoms with van der Waals surface area (Å²) in [7, 11) is 2.10. The van der Waals surface area contributed by atoms with Crippen LogP contribution in [0, 0.1) is 6.92 Å². The van der Waals surface area contributed by atoms with E-state index in [1.165, 1.54) is 0 Å². The summed E-state index contributed by atoms with van der Waals surface area (Å²) in [6, 6.07) is 7.70. The van der Waals surface area contributed by atoms with E-state index in [1.54, 1.807) is 0 Å². The number of likely N-dealkylation sites (tertiary alicyclic amines) is 2. The highest BCUT2D eigenvalue weighted by Gasteiger charge is 2.49. The summed E-state index contributed by atoms with van der Waals surface area (Å²) in [6.07, 6.45) is 2.05. The number of fused-ring (bicyclic) bond motifs is 1. The SMILES string of the molecule is Cc1cccc2oc(C(=O)N3CC(O)CC34CCN(C)CC4)cc12. The molecule has 2 fully saturated rings. The van der Waals surface area contributed by atoms with E-state index in [-0.39, 0.29) is 11.4 Å². The summed E-state index contributed by atoms with van der Waals surface area (Å²) in [5.41, 5.74) is 1.62. The Labute approximate surface area is 141 Å². The Bertz CT molecular complexity index is 774. The molecule has 5 heteroatoms. The number of hydrogen-bond donors (Lipinski definition) is 1. The molecule has 128 valence electrons. The summed E-state index contributed by atoms with van der Waals surface area (Å²) < 4.78 is 5.83. The Kier molecular flexibility index (Phi) is 3.66. The molecule has 0 bridgehead atoms. The second kappa shape index (κ2) is 5.60. The molecule has 24 heavy (non-hydrogen) atoms. The Hall–Kier alpha value is -1.85. The van der Waals surface area contributed by atoms with Crippen LogP contribution in [0.25, 0.3) is 11.0 Å². The topological polar surface area (TPSA) is 56.9 Å². The van der Waals surface area contributed by atoms with Gasteiger partial charge in [-0.25, -0.2) is 0 Å². The maximum atomic E-state index is 13.1. The average molecular weight is 328 g/mol. The zero-order valence-corrected chi connectivity index (χ0v) is 14.3. The molecule has 1 spiro atoms. The highest BCUT2D eigenvalue weighted by atomic mass is 16.3. The molecule has 0 radical (unpaired) electrons. The fourth-order valence-corrected chi connectivity index (χ4v) is 4.27. The zero-order chi connectivity index (χ0) is 16.9. The maximum Gasteiger partial charge on any atom is 0.290 e. The van der Waals surface area contributed by atoms with Crippen LogP contribution in [0.1, 0.15) is 35.4 Å². The number of β-amino-alcohol motifs (C(OH)–C–C–N with tert-alkyl or cyclic N) is 1. The van der Waals surface area contributed by atoms with Gasteiger partial charge in [0.2, 0.25) is 0 Å². The fraction of sp³-hybridized carbons (Fsp3) is 0.526. The van der Waals surface area contributed by atoms with Crippen molar-refractivity contribution in [1.82, 2.24) is 9.80 Å². The smallest absolute Gasteiger partial charge is 0.290 e. The number of piperidine rings is 1. The maximum absolute atomic E-state index is 13.1. The summed E-state index contributed by atoms with van der Waals surface area (Å²) in [5, 5.41) is 11.2. The van der Waals surface area contributed by atoms with Crippen LogP contribution < -0.4 is 0 Å². The molecule has 2 aliphatic heterocycles. The third-order valence-corrected chi connectivity index (χ3v) is 5.73.